The molecule has 0 aromatic heterocycles. The normalized spacial score (nSPS) is 21.0. The van der Waals surface area contributed by atoms with Crippen molar-refractivity contribution in [3.05, 3.63) is 95.3 Å². The summed E-state index contributed by atoms with van der Waals surface area (Å²) in [6, 6.07) is 19.3. The number of carbonyl (C=O) groups is 2. The summed E-state index contributed by atoms with van der Waals surface area (Å²) in [7, 11) is 1.55. The number of anilines is 1. The van der Waals surface area contributed by atoms with E-state index < -0.39 is 11.9 Å². The zero-order valence-corrected chi connectivity index (χ0v) is 18.0. The molecule has 3 aromatic rings. The third kappa shape index (κ3) is 3.45. The van der Waals surface area contributed by atoms with Crippen molar-refractivity contribution in [3.8, 4) is 5.75 Å². The third-order valence-electron chi connectivity index (χ3n) is 6.55. The van der Waals surface area contributed by atoms with Crippen molar-refractivity contribution >= 4 is 17.5 Å². The van der Waals surface area contributed by atoms with Crippen LogP contribution in [0.4, 0.5) is 10.1 Å². The molecule has 33 heavy (non-hydrogen) atoms. The quantitative estimate of drug-likeness (QED) is 0.667. The summed E-state index contributed by atoms with van der Waals surface area (Å²) in [6.45, 7) is 0.0513. The summed E-state index contributed by atoms with van der Waals surface area (Å²) in [4.78, 5) is 30.0. The van der Waals surface area contributed by atoms with Gasteiger partial charge in [-0.15, -0.1) is 0 Å². The fraction of sp³-hybridized carbons (Fsp3) is 0.231. The fourth-order valence-corrected chi connectivity index (χ4v) is 5.04. The van der Waals surface area contributed by atoms with Crippen molar-refractivity contribution in [2.45, 2.75) is 18.0 Å². The molecule has 168 valence electrons. The maximum atomic E-state index is 13.8. The van der Waals surface area contributed by atoms with Gasteiger partial charge in [0.25, 0.3) is 11.8 Å². The first kappa shape index (κ1) is 21.2. The number of carbonyl (C=O) groups excluding carboxylic acids is 2. The molecule has 0 radical (unpaired) electrons. The van der Waals surface area contributed by atoms with Crippen LogP contribution in [0.2, 0.25) is 0 Å². The van der Waals surface area contributed by atoms with Crippen molar-refractivity contribution < 1.29 is 23.8 Å². The number of aliphatic hydroxyl groups excluding tert-OH is 1. The van der Waals surface area contributed by atoms with E-state index in [4.69, 9.17) is 4.74 Å². The van der Waals surface area contributed by atoms with Crippen molar-refractivity contribution in [1.82, 2.24) is 4.90 Å². The minimum atomic E-state index is -0.498. The predicted molar refractivity (Wildman–Crippen MR) is 121 cm³/mol. The standard InChI is InChI=1S/C26H23FN2O4/c1-33-19-9-5-7-17(13-19)25(31)28-14-22-24(20-10-2-3-11-21(20)28)23(15-30)29(22)26(32)16-6-4-8-18(27)12-16/h2-13,22-24,30H,14-15H2,1H3/t22-,23+,24+/m1/s1. The number of aliphatic hydroxyl groups is 1. The molecule has 2 aliphatic heterocycles. The molecular weight excluding hydrogens is 423 g/mol. The lowest BCUT2D eigenvalue weighted by Gasteiger charge is -2.58. The number of amides is 2. The van der Waals surface area contributed by atoms with Gasteiger partial charge >= 0.3 is 0 Å². The number of hydrogen-bond acceptors (Lipinski definition) is 4. The summed E-state index contributed by atoms with van der Waals surface area (Å²) in [5.41, 5.74) is 2.37. The summed E-state index contributed by atoms with van der Waals surface area (Å²) in [5.74, 6) is -0.593. The number of ether oxygens (including phenoxy) is 1. The molecule has 5 rings (SSSR count). The van der Waals surface area contributed by atoms with Gasteiger partial charge in [0.1, 0.15) is 11.6 Å². The van der Waals surface area contributed by atoms with E-state index in [2.05, 4.69) is 0 Å². The predicted octanol–water partition coefficient (Wildman–Crippen LogP) is 3.46. The Morgan fingerprint density at radius 3 is 2.45 bits per heavy atom. The number of likely N-dealkylation sites (tertiary alicyclic amines) is 1. The highest BCUT2D eigenvalue weighted by molar-refractivity contribution is 6.07. The number of nitrogens with zero attached hydrogens (tertiary/aromatic N) is 2. The Morgan fingerprint density at radius 2 is 1.73 bits per heavy atom. The van der Waals surface area contributed by atoms with Crippen LogP contribution in [0, 0.1) is 5.82 Å². The summed E-state index contributed by atoms with van der Waals surface area (Å²) in [5, 5.41) is 10.1. The molecule has 3 aromatic carbocycles. The molecule has 6 nitrogen and oxygen atoms in total. The number of fused-ring (bicyclic) bond motifs is 3. The first-order chi connectivity index (χ1) is 16.0. The largest absolute Gasteiger partial charge is 0.497 e. The summed E-state index contributed by atoms with van der Waals surface area (Å²) < 4.78 is 19.0. The van der Waals surface area contributed by atoms with Crippen LogP contribution in [0.3, 0.4) is 0 Å². The Hall–Kier alpha value is -3.71. The van der Waals surface area contributed by atoms with E-state index >= 15 is 0 Å². The van der Waals surface area contributed by atoms with Crippen LogP contribution in [0.5, 0.6) is 5.75 Å². The Kier molecular flexibility index (Phi) is 5.34. The number of benzene rings is 3. The highest BCUT2D eigenvalue weighted by Crippen LogP contribution is 2.49. The van der Waals surface area contributed by atoms with Crippen LogP contribution in [0.1, 0.15) is 32.2 Å². The molecule has 0 bridgehead atoms. The minimum absolute atomic E-state index is 0.113. The minimum Gasteiger partial charge on any atom is -0.497 e. The van der Waals surface area contributed by atoms with Crippen LogP contribution >= 0.6 is 0 Å². The highest BCUT2D eigenvalue weighted by atomic mass is 19.1. The molecule has 0 spiro atoms. The van der Waals surface area contributed by atoms with Gasteiger partial charge in [-0.05, 0) is 48.0 Å². The maximum Gasteiger partial charge on any atom is 0.258 e. The molecule has 2 amide bonds. The second-order valence-electron chi connectivity index (χ2n) is 8.27. The second kappa shape index (κ2) is 8.33. The Balaban J connectivity index is 1.53. The zero-order valence-electron chi connectivity index (χ0n) is 18.0. The molecule has 2 aliphatic rings. The Labute approximate surface area is 190 Å². The second-order valence-corrected chi connectivity index (χ2v) is 8.27. The number of hydrogen-bond donors (Lipinski definition) is 1. The van der Waals surface area contributed by atoms with Gasteiger partial charge in [0, 0.05) is 29.3 Å². The molecule has 2 heterocycles. The van der Waals surface area contributed by atoms with E-state index in [1.165, 1.54) is 18.2 Å². The SMILES string of the molecule is COc1cccc(C(=O)N2C[C@@H]3[C@H](c4ccccc42)[C@H](CO)N3C(=O)c2cccc(F)c2)c1. The highest BCUT2D eigenvalue weighted by Gasteiger charge is 2.55. The van der Waals surface area contributed by atoms with Gasteiger partial charge in [-0.3, -0.25) is 9.59 Å². The van der Waals surface area contributed by atoms with Crippen LogP contribution < -0.4 is 9.64 Å². The van der Waals surface area contributed by atoms with Gasteiger partial charge in [-0.25, -0.2) is 4.39 Å². The van der Waals surface area contributed by atoms with Gasteiger partial charge in [0.15, 0.2) is 0 Å². The van der Waals surface area contributed by atoms with Crippen molar-refractivity contribution in [1.29, 1.82) is 0 Å². The smallest absolute Gasteiger partial charge is 0.258 e. The Morgan fingerprint density at radius 1 is 1.00 bits per heavy atom. The van der Waals surface area contributed by atoms with Gasteiger partial charge in [-0.1, -0.05) is 30.3 Å². The molecule has 1 saturated heterocycles. The summed E-state index contributed by atoms with van der Waals surface area (Å²) in [6.07, 6.45) is 0. The maximum absolute atomic E-state index is 13.8. The van der Waals surface area contributed by atoms with Crippen molar-refractivity contribution in [2.24, 2.45) is 0 Å². The summed E-state index contributed by atoms with van der Waals surface area (Å²) >= 11 is 0. The number of rotatable bonds is 4. The van der Waals surface area contributed by atoms with E-state index in [9.17, 15) is 19.1 Å². The lowest BCUT2D eigenvalue weighted by molar-refractivity contribution is -0.0246. The third-order valence-corrected chi connectivity index (χ3v) is 6.55. The van der Waals surface area contributed by atoms with Crippen molar-refractivity contribution in [3.63, 3.8) is 0 Å². The van der Waals surface area contributed by atoms with Crippen LogP contribution in [-0.4, -0.2) is 54.2 Å². The van der Waals surface area contributed by atoms with E-state index in [1.807, 2.05) is 24.3 Å². The first-order valence-electron chi connectivity index (χ1n) is 10.8. The lowest BCUT2D eigenvalue weighted by atomic mass is 9.71. The average molecular weight is 446 g/mol. The van der Waals surface area contributed by atoms with Gasteiger partial charge in [0.2, 0.25) is 0 Å². The van der Waals surface area contributed by atoms with Gasteiger partial charge in [0.05, 0.1) is 25.8 Å². The number of halogens is 1. The van der Waals surface area contributed by atoms with Crippen LogP contribution in [0.25, 0.3) is 0 Å². The zero-order chi connectivity index (χ0) is 23.1. The molecule has 0 unspecified atom stereocenters. The van der Waals surface area contributed by atoms with Gasteiger partial charge in [-0.2, -0.15) is 0 Å². The molecule has 0 saturated carbocycles. The molecule has 3 atom stereocenters. The first-order valence-corrected chi connectivity index (χ1v) is 10.8. The topological polar surface area (TPSA) is 70.1 Å². The van der Waals surface area contributed by atoms with E-state index in [-0.39, 0.29) is 42.5 Å². The van der Waals surface area contributed by atoms with Gasteiger partial charge < -0.3 is 19.6 Å². The monoisotopic (exact) mass is 446 g/mol. The lowest BCUT2D eigenvalue weighted by Crippen LogP contribution is -2.70. The van der Waals surface area contributed by atoms with Crippen LogP contribution in [-0.2, 0) is 0 Å². The molecule has 1 N–H and O–H groups in total. The molecule has 1 fully saturated rings. The molecule has 7 heteroatoms. The van der Waals surface area contributed by atoms with E-state index in [0.717, 1.165) is 11.3 Å². The average Bonchev–Trinajstić information content (AvgIpc) is 2.84. The fourth-order valence-electron chi connectivity index (χ4n) is 5.04. The Bertz CT molecular complexity index is 1230. The van der Waals surface area contributed by atoms with E-state index in [1.54, 1.807) is 47.2 Å². The number of para-hydroxylation sites is 1. The van der Waals surface area contributed by atoms with E-state index in [0.29, 0.717) is 11.3 Å². The van der Waals surface area contributed by atoms with Crippen LogP contribution in [0.15, 0.2) is 72.8 Å². The molecule has 0 aliphatic carbocycles. The van der Waals surface area contributed by atoms with Crippen molar-refractivity contribution in [2.75, 3.05) is 25.2 Å². The molecular formula is C26H23FN2O4. The number of methoxy groups -OCH3 is 1.